The van der Waals surface area contributed by atoms with Crippen molar-refractivity contribution in [1.82, 2.24) is 10.2 Å². The molecule has 0 fully saturated rings. The Bertz CT molecular complexity index is 973. The lowest BCUT2D eigenvalue weighted by molar-refractivity contribution is -0.384. The number of halogens is 2. The maximum Gasteiger partial charge on any atom is 0.387 e. The van der Waals surface area contributed by atoms with Gasteiger partial charge in [0.1, 0.15) is 5.75 Å². The predicted molar refractivity (Wildman–Crippen MR) is 88.6 cm³/mol. The van der Waals surface area contributed by atoms with Crippen LogP contribution in [0.1, 0.15) is 16.2 Å². The van der Waals surface area contributed by atoms with E-state index in [1.807, 2.05) is 0 Å². The predicted octanol–water partition coefficient (Wildman–Crippen LogP) is 3.60. The molecule has 1 aromatic heterocycles. The maximum atomic E-state index is 12.1. The summed E-state index contributed by atoms with van der Waals surface area (Å²) in [6.07, 6.45) is 0. The summed E-state index contributed by atoms with van der Waals surface area (Å²) < 4.78 is 38.8. The summed E-state index contributed by atoms with van der Waals surface area (Å²) in [5.41, 5.74) is 0.504. The summed E-state index contributed by atoms with van der Waals surface area (Å²) in [5.74, 6) is -0.691. The average Bonchev–Trinajstić information content (AvgIpc) is 3.15. The van der Waals surface area contributed by atoms with Crippen LogP contribution >= 0.6 is 0 Å². The van der Waals surface area contributed by atoms with Crippen molar-refractivity contribution >= 4 is 11.7 Å². The first kappa shape index (κ1) is 18.9. The van der Waals surface area contributed by atoms with E-state index in [1.165, 1.54) is 48.5 Å². The first-order chi connectivity index (χ1) is 13.4. The van der Waals surface area contributed by atoms with Crippen molar-refractivity contribution in [3.8, 4) is 17.2 Å². The van der Waals surface area contributed by atoms with Gasteiger partial charge in [0, 0.05) is 17.7 Å². The fourth-order valence-electron chi connectivity index (χ4n) is 2.14. The fraction of sp³-hybridized carbons (Fsp3) is 0.118. The first-order valence-electron chi connectivity index (χ1n) is 7.71. The molecule has 0 radical (unpaired) electrons. The van der Waals surface area contributed by atoms with E-state index in [2.05, 4.69) is 14.9 Å². The van der Waals surface area contributed by atoms with E-state index in [-0.39, 0.29) is 35.4 Å². The van der Waals surface area contributed by atoms with Crippen molar-refractivity contribution in [2.75, 3.05) is 0 Å². The minimum atomic E-state index is -2.96. The molecule has 0 N–H and O–H groups in total. The molecular weight excluding hydrogens is 380 g/mol. The van der Waals surface area contributed by atoms with Crippen molar-refractivity contribution in [3.05, 3.63) is 70.1 Å². The van der Waals surface area contributed by atoms with Gasteiger partial charge in [0.2, 0.25) is 5.89 Å². The first-order valence-corrected chi connectivity index (χ1v) is 7.71. The molecular formula is C17H11F2N3O6. The number of aromatic nitrogens is 2. The van der Waals surface area contributed by atoms with Crippen LogP contribution in [-0.2, 0) is 11.3 Å². The monoisotopic (exact) mass is 391 g/mol. The average molecular weight is 391 g/mol. The van der Waals surface area contributed by atoms with Crippen molar-refractivity contribution in [2.45, 2.75) is 13.2 Å². The molecule has 0 bridgehead atoms. The van der Waals surface area contributed by atoms with Gasteiger partial charge < -0.3 is 13.9 Å². The zero-order valence-electron chi connectivity index (χ0n) is 14.0. The van der Waals surface area contributed by atoms with Gasteiger partial charge in [-0.2, -0.15) is 8.78 Å². The Hall–Kier alpha value is -3.89. The highest BCUT2D eigenvalue weighted by atomic mass is 19.3. The van der Waals surface area contributed by atoms with E-state index in [9.17, 15) is 23.7 Å². The van der Waals surface area contributed by atoms with Crippen molar-refractivity contribution in [2.24, 2.45) is 0 Å². The minimum absolute atomic E-state index is 0.0133. The molecule has 0 unspecified atom stereocenters. The second kappa shape index (κ2) is 8.20. The number of nitrogens with zero attached hydrogens (tertiary/aromatic N) is 3. The van der Waals surface area contributed by atoms with Crippen molar-refractivity contribution in [3.63, 3.8) is 0 Å². The molecule has 0 saturated carbocycles. The Labute approximate surface area is 155 Å². The minimum Gasteiger partial charge on any atom is -0.452 e. The number of carbonyl (C=O) groups is 1. The van der Waals surface area contributed by atoms with Gasteiger partial charge in [-0.1, -0.05) is 0 Å². The Morgan fingerprint density at radius 2 is 1.79 bits per heavy atom. The molecule has 1 heterocycles. The van der Waals surface area contributed by atoms with Gasteiger partial charge in [0.15, 0.2) is 6.61 Å². The largest absolute Gasteiger partial charge is 0.452 e. The van der Waals surface area contributed by atoms with Crippen LogP contribution in [0.4, 0.5) is 14.5 Å². The fourth-order valence-corrected chi connectivity index (χ4v) is 2.14. The maximum absolute atomic E-state index is 12.1. The summed E-state index contributed by atoms with van der Waals surface area (Å²) in [7, 11) is 0. The van der Waals surface area contributed by atoms with Crippen molar-refractivity contribution in [1.29, 1.82) is 0 Å². The zero-order valence-corrected chi connectivity index (χ0v) is 14.0. The standard InChI is InChI=1S/C17H11F2N3O6/c18-17(19)27-13-7-3-11(4-8-13)16(23)26-9-14-20-21-15(28-14)10-1-5-12(6-2-10)22(24)25/h1-8,17H,9H2. The van der Waals surface area contributed by atoms with Gasteiger partial charge in [-0.3, -0.25) is 10.1 Å². The van der Waals surface area contributed by atoms with Gasteiger partial charge in [0.05, 0.1) is 10.5 Å². The van der Waals surface area contributed by atoms with E-state index in [4.69, 9.17) is 9.15 Å². The number of ether oxygens (including phenoxy) is 2. The lowest BCUT2D eigenvalue weighted by Gasteiger charge is -2.05. The number of esters is 1. The van der Waals surface area contributed by atoms with E-state index < -0.39 is 17.5 Å². The van der Waals surface area contributed by atoms with Crippen LogP contribution in [-0.4, -0.2) is 27.7 Å². The summed E-state index contributed by atoms with van der Waals surface area (Å²) in [6.45, 7) is -3.27. The van der Waals surface area contributed by atoms with Crippen LogP contribution < -0.4 is 4.74 Å². The molecule has 0 aliphatic rings. The molecule has 11 heteroatoms. The number of nitro benzene ring substituents is 1. The molecule has 0 atom stereocenters. The van der Waals surface area contributed by atoms with Gasteiger partial charge in [-0.15, -0.1) is 10.2 Å². The highest BCUT2D eigenvalue weighted by Gasteiger charge is 2.14. The van der Waals surface area contributed by atoms with Gasteiger partial charge in [-0.05, 0) is 36.4 Å². The highest BCUT2D eigenvalue weighted by Crippen LogP contribution is 2.21. The van der Waals surface area contributed by atoms with E-state index in [0.717, 1.165) is 0 Å². The molecule has 3 aromatic rings. The van der Waals surface area contributed by atoms with E-state index in [1.54, 1.807) is 0 Å². The number of carbonyl (C=O) groups excluding carboxylic acids is 1. The molecule has 0 aliphatic heterocycles. The quantitative estimate of drug-likeness (QED) is 0.341. The molecule has 144 valence electrons. The Morgan fingerprint density at radius 3 is 2.39 bits per heavy atom. The third kappa shape index (κ3) is 4.63. The zero-order chi connectivity index (χ0) is 20.1. The second-order valence-electron chi connectivity index (χ2n) is 5.28. The number of nitro groups is 1. The Balaban J connectivity index is 1.59. The lowest BCUT2D eigenvalue weighted by atomic mass is 10.2. The molecule has 0 amide bonds. The molecule has 28 heavy (non-hydrogen) atoms. The molecule has 9 nitrogen and oxygen atoms in total. The van der Waals surface area contributed by atoms with Crippen LogP contribution in [0.25, 0.3) is 11.5 Å². The Kier molecular flexibility index (Phi) is 5.53. The second-order valence-corrected chi connectivity index (χ2v) is 5.28. The van der Waals surface area contributed by atoms with Gasteiger partial charge in [0.25, 0.3) is 11.6 Å². The van der Waals surface area contributed by atoms with Crippen LogP contribution in [0.5, 0.6) is 5.75 Å². The lowest BCUT2D eigenvalue weighted by Crippen LogP contribution is -2.06. The number of alkyl halides is 2. The number of benzene rings is 2. The van der Waals surface area contributed by atoms with Crippen molar-refractivity contribution < 1.29 is 32.4 Å². The van der Waals surface area contributed by atoms with E-state index in [0.29, 0.717) is 5.56 Å². The summed E-state index contributed by atoms with van der Waals surface area (Å²) in [6, 6.07) is 10.5. The molecule has 0 saturated heterocycles. The number of hydrogen-bond acceptors (Lipinski definition) is 8. The molecule has 3 rings (SSSR count). The normalized spacial score (nSPS) is 10.7. The van der Waals surface area contributed by atoms with Crippen LogP contribution in [0.2, 0.25) is 0 Å². The summed E-state index contributed by atoms with van der Waals surface area (Å²) in [4.78, 5) is 22.1. The topological polar surface area (TPSA) is 118 Å². The highest BCUT2D eigenvalue weighted by molar-refractivity contribution is 5.89. The molecule has 0 spiro atoms. The SMILES string of the molecule is O=C(OCc1nnc(-c2ccc([N+](=O)[O-])cc2)o1)c1ccc(OC(F)F)cc1. The van der Waals surface area contributed by atoms with Crippen LogP contribution in [0.15, 0.2) is 52.9 Å². The van der Waals surface area contributed by atoms with Gasteiger partial charge in [-0.25, -0.2) is 4.79 Å². The smallest absolute Gasteiger partial charge is 0.387 e. The summed E-state index contributed by atoms with van der Waals surface area (Å²) >= 11 is 0. The number of hydrogen-bond donors (Lipinski definition) is 0. The number of rotatable bonds is 7. The van der Waals surface area contributed by atoms with Crippen LogP contribution in [0.3, 0.4) is 0 Å². The summed E-state index contributed by atoms with van der Waals surface area (Å²) in [5, 5.41) is 18.2. The third-order valence-electron chi connectivity index (χ3n) is 3.43. The third-order valence-corrected chi connectivity index (χ3v) is 3.43. The Morgan fingerprint density at radius 1 is 1.11 bits per heavy atom. The molecule has 0 aliphatic carbocycles. The van der Waals surface area contributed by atoms with E-state index >= 15 is 0 Å². The van der Waals surface area contributed by atoms with Crippen LogP contribution in [0, 0.1) is 10.1 Å². The van der Waals surface area contributed by atoms with Gasteiger partial charge >= 0.3 is 12.6 Å². The molecule has 2 aromatic carbocycles. The number of non-ortho nitro benzene ring substituents is 1.